The summed E-state index contributed by atoms with van der Waals surface area (Å²) in [5, 5.41) is 10.4. The van der Waals surface area contributed by atoms with E-state index in [4.69, 9.17) is 25.9 Å². The fraction of sp³-hybridized carbons (Fsp3) is 0.958. The van der Waals surface area contributed by atoms with Crippen LogP contribution in [0.2, 0.25) is 54.4 Å². The average molecular weight is 512 g/mol. The maximum absolute atomic E-state index is 10.5. The lowest BCUT2D eigenvalue weighted by Gasteiger charge is -2.45. The number of ether oxygens (including phenoxy) is 1. The van der Waals surface area contributed by atoms with Gasteiger partial charge in [-0.2, -0.15) is 5.26 Å². The second-order valence-corrected chi connectivity index (χ2v) is 28.6. The molecule has 1 aliphatic rings. The fourth-order valence-corrected chi connectivity index (χ4v) is 6.47. The molecule has 4 atom stereocenters. The van der Waals surface area contributed by atoms with Crippen LogP contribution >= 0.6 is 0 Å². The first-order valence-electron chi connectivity index (χ1n) is 12.2. The largest absolute Gasteiger partial charge is 0.413 e. The third kappa shape index (κ3) is 6.63. The third-order valence-electron chi connectivity index (χ3n) is 8.54. The van der Waals surface area contributed by atoms with Crippen molar-refractivity contribution >= 4 is 32.8 Å². The van der Waals surface area contributed by atoms with Crippen molar-refractivity contribution in [2.45, 2.75) is 141 Å². The highest BCUT2D eigenvalue weighted by molar-refractivity contribution is 6.75. The molecule has 0 aliphatic carbocycles. The van der Waals surface area contributed by atoms with Crippen LogP contribution in [-0.2, 0) is 18.0 Å². The van der Waals surface area contributed by atoms with Crippen LogP contribution in [0.3, 0.4) is 0 Å². The van der Waals surface area contributed by atoms with Crippen molar-refractivity contribution in [3.8, 4) is 6.07 Å². The van der Waals surface area contributed by atoms with Crippen molar-refractivity contribution in [2.24, 2.45) is 0 Å². The molecule has 0 aromatic carbocycles. The van der Waals surface area contributed by atoms with Gasteiger partial charge in [0.1, 0.15) is 20.0 Å². The summed E-state index contributed by atoms with van der Waals surface area (Å²) in [5.41, 5.74) is -1.31. The summed E-state index contributed by atoms with van der Waals surface area (Å²) in [4.78, 5) is 0. The van der Waals surface area contributed by atoms with Crippen LogP contribution in [0.25, 0.3) is 0 Å². The van der Waals surface area contributed by atoms with Crippen LogP contribution in [0.1, 0.15) is 62.3 Å². The molecule has 0 amide bonds. The summed E-state index contributed by atoms with van der Waals surface area (Å²) >= 11 is 0. The highest BCUT2D eigenvalue weighted by Gasteiger charge is 2.60. The molecule has 0 N–H and O–H groups in total. The van der Waals surface area contributed by atoms with Crippen molar-refractivity contribution < 1.29 is 18.0 Å². The number of hydrogen-bond acceptors (Lipinski definition) is 5. The molecule has 9 heteroatoms. The predicted molar refractivity (Wildman–Crippen MR) is 146 cm³/mol. The van der Waals surface area contributed by atoms with Gasteiger partial charge in [0, 0.05) is 6.00 Å². The molecule has 33 heavy (non-hydrogen) atoms. The zero-order valence-electron chi connectivity index (χ0n) is 24.1. The van der Waals surface area contributed by atoms with Gasteiger partial charge in [-0.15, -0.1) is 0 Å². The van der Waals surface area contributed by atoms with Crippen molar-refractivity contribution in [2.75, 3.05) is 6.61 Å². The third-order valence-corrected chi connectivity index (χ3v) is 21.9. The molecule has 0 bridgehead atoms. The Morgan fingerprint density at radius 2 is 1.18 bits per heavy atom. The van der Waals surface area contributed by atoms with Crippen LogP contribution in [0.15, 0.2) is 0 Å². The minimum atomic E-state index is -2.27. The summed E-state index contributed by atoms with van der Waals surface area (Å²) in [5.74, 6) is 0. The Morgan fingerprint density at radius 1 is 0.788 bits per heavy atom. The Labute approximate surface area is 209 Å². The molecule has 1 heterocycles. The highest BCUT2D eigenvalue weighted by Crippen LogP contribution is 2.46. The smallest absolute Gasteiger partial charge is 0.202 e. The molecule has 1 fully saturated rings. The van der Waals surface area contributed by atoms with Gasteiger partial charge >= 0.3 is 0 Å². The predicted octanol–water partition coefficient (Wildman–Crippen LogP) is 6.58. The molecule has 1 aliphatic heterocycles. The first-order chi connectivity index (χ1) is 14.3. The van der Waals surface area contributed by atoms with Crippen LogP contribution in [-0.4, -0.2) is 63.2 Å². The lowest BCUT2D eigenvalue weighted by Crippen LogP contribution is -2.58. The summed E-state index contributed by atoms with van der Waals surface area (Å²) in [6, 6.07) is 1.68. The molecular weight excluding hydrogens is 461 g/mol. The second-order valence-electron chi connectivity index (χ2n) is 14.3. The number of nitriles is 1. The van der Waals surface area contributed by atoms with Gasteiger partial charge in [-0.05, 0) is 54.4 Å². The first kappa shape index (κ1) is 31.1. The molecule has 0 aromatic rings. The average Bonchev–Trinajstić information content (AvgIpc) is 2.82. The summed E-state index contributed by atoms with van der Waals surface area (Å²) in [6.45, 7) is 33.0. The monoisotopic (exact) mass is 511 g/mol. The van der Waals surface area contributed by atoms with Gasteiger partial charge in [-0.1, -0.05) is 62.3 Å². The molecule has 2 radical (unpaired) electrons. The fourth-order valence-electron chi connectivity index (χ4n) is 2.86. The van der Waals surface area contributed by atoms with E-state index in [9.17, 15) is 5.26 Å². The van der Waals surface area contributed by atoms with Gasteiger partial charge in [0.05, 0.1) is 12.7 Å². The van der Waals surface area contributed by atoms with Crippen LogP contribution in [0, 0.1) is 11.3 Å². The second kappa shape index (κ2) is 9.49. The number of hydrogen-bond donors (Lipinski definition) is 0. The van der Waals surface area contributed by atoms with Gasteiger partial charge in [-0.3, -0.25) is 0 Å². The lowest BCUT2D eigenvalue weighted by atomic mass is 9.90. The molecule has 1 saturated heterocycles. The number of nitrogens with zero attached hydrogens (tertiary/aromatic N) is 1. The maximum Gasteiger partial charge on any atom is 0.202 e. The minimum Gasteiger partial charge on any atom is -0.413 e. The molecule has 0 unspecified atom stereocenters. The van der Waals surface area contributed by atoms with E-state index in [1.54, 1.807) is 0 Å². The SMILES string of the molecule is [B][C@@H]1O[C@](C#N)(CO[Si](C)(C)C(C)(C)C)[C@@H](O[Si](C)(C)C(C)(C)C)[C@H]1O[Si](C)(C)C(C)(C)C. The van der Waals surface area contributed by atoms with Gasteiger partial charge in [-0.25, -0.2) is 0 Å². The van der Waals surface area contributed by atoms with E-state index in [1.165, 1.54) is 0 Å². The van der Waals surface area contributed by atoms with Gasteiger partial charge in [0.2, 0.25) is 5.60 Å². The summed E-state index contributed by atoms with van der Waals surface area (Å²) in [6.07, 6.45) is -1.14. The van der Waals surface area contributed by atoms with Gasteiger partial charge < -0.3 is 18.0 Å². The van der Waals surface area contributed by atoms with Crippen molar-refractivity contribution in [1.29, 1.82) is 5.26 Å². The molecule has 0 saturated carbocycles. The molecule has 0 aromatic heterocycles. The van der Waals surface area contributed by atoms with E-state index in [0.717, 1.165) is 0 Å². The van der Waals surface area contributed by atoms with Gasteiger partial charge in [0.25, 0.3) is 0 Å². The summed E-state index contributed by atoms with van der Waals surface area (Å²) < 4.78 is 26.5. The highest BCUT2D eigenvalue weighted by atomic mass is 28.4. The molecule has 1 rings (SSSR count). The van der Waals surface area contributed by atoms with E-state index in [2.05, 4.69) is 108 Å². The molecule has 0 spiro atoms. The lowest BCUT2D eigenvalue weighted by molar-refractivity contribution is -0.0515. The standard InChI is InChI=1S/C24H50BNO4Si3/c1-21(2,3)31(10,11)27-17-24(16-26)19(30-33(14,15)23(7,8)9)18(20(25)28-24)29-32(12,13)22(4,5)6/h18-20H,17H2,1-15H3/t18-,19+,20-,24-/m1/s1. The van der Waals surface area contributed by atoms with E-state index in [0.29, 0.717) is 0 Å². The van der Waals surface area contributed by atoms with Crippen molar-refractivity contribution in [3.05, 3.63) is 0 Å². The van der Waals surface area contributed by atoms with E-state index >= 15 is 0 Å². The van der Waals surface area contributed by atoms with E-state index in [1.807, 2.05) is 0 Å². The molecule has 5 nitrogen and oxygen atoms in total. The van der Waals surface area contributed by atoms with E-state index in [-0.39, 0.29) is 21.7 Å². The zero-order chi connectivity index (χ0) is 26.5. The topological polar surface area (TPSA) is 60.7 Å². The van der Waals surface area contributed by atoms with Crippen LogP contribution in [0.4, 0.5) is 0 Å². The Hall–Kier alpha value is 0.0456. The van der Waals surface area contributed by atoms with E-state index < -0.39 is 48.8 Å². The van der Waals surface area contributed by atoms with Gasteiger partial charge in [0.15, 0.2) is 25.0 Å². The van der Waals surface area contributed by atoms with Crippen LogP contribution in [0.5, 0.6) is 0 Å². The number of rotatable bonds is 7. The quantitative estimate of drug-likeness (QED) is 0.362. The Morgan fingerprint density at radius 3 is 1.55 bits per heavy atom. The summed E-state index contributed by atoms with van der Waals surface area (Å²) in [7, 11) is -0.0708. The molecule has 190 valence electrons. The zero-order valence-corrected chi connectivity index (χ0v) is 27.1. The Kier molecular flexibility index (Phi) is 8.94. The maximum atomic E-state index is 10.5. The minimum absolute atomic E-state index is 0.0101. The normalized spacial score (nSPS) is 28.1. The Bertz CT molecular complexity index is 732. The Balaban J connectivity index is 3.49. The first-order valence-corrected chi connectivity index (χ1v) is 20.9. The van der Waals surface area contributed by atoms with Crippen LogP contribution < -0.4 is 0 Å². The molecular formula is C24H50BNO4Si3. The van der Waals surface area contributed by atoms with Crippen molar-refractivity contribution in [3.63, 3.8) is 0 Å². The van der Waals surface area contributed by atoms with Crippen molar-refractivity contribution in [1.82, 2.24) is 0 Å².